The fourth-order valence-corrected chi connectivity index (χ4v) is 3.84. The maximum absolute atomic E-state index is 10.2. The first kappa shape index (κ1) is 27.9. The second-order valence-electron chi connectivity index (χ2n) is 8.42. The van der Waals surface area contributed by atoms with E-state index in [1.54, 1.807) is 0 Å². The minimum Gasteiger partial charge on any atom is -0.394 e. The summed E-state index contributed by atoms with van der Waals surface area (Å²) in [4.78, 5) is 0. The molecule has 0 bridgehead atoms. The fraction of sp³-hybridized carbons (Fsp3) is 1.00. The standard InChI is InChI=1S/C18H32O16/c19-1-4-7(20)11(24)14(27)17(33-4)31-3-6-9(22)12(25)15(28)18(34-6)30-2-5-8(21)10(23)13(26)16(29)32-5/h4-29H,1-3H2/t4-,5-,6-,7-,8+,9+,10-,11+,12+,13+,14-,15-,16-,17-,18-/m0/s1. The van der Waals surface area contributed by atoms with Gasteiger partial charge in [0.1, 0.15) is 73.2 Å². The third-order valence-electron chi connectivity index (χ3n) is 6.05. The van der Waals surface area contributed by atoms with Crippen LogP contribution in [0.3, 0.4) is 0 Å². The minimum absolute atomic E-state index is 0.570. The molecule has 3 aliphatic rings. The van der Waals surface area contributed by atoms with E-state index in [4.69, 9.17) is 23.7 Å². The first-order valence-corrected chi connectivity index (χ1v) is 10.6. The minimum atomic E-state index is -1.82. The quantitative estimate of drug-likeness (QED) is 0.154. The number of hydrogen-bond acceptors (Lipinski definition) is 16. The number of hydrogen-bond donors (Lipinski definition) is 11. The van der Waals surface area contributed by atoms with Crippen LogP contribution in [0.5, 0.6) is 0 Å². The third-order valence-corrected chi connectivity index (χ3v) is 6.05. The molecule has 0 spiro atoms. The summed E-state index contributed by atoms with van der Waals surface area (Å²) in [7, 11) is 0. The molecule has 0 amide bonds. The Labute approximate surface area is 192 Å². The van der Waals surface area contributed by atoms with Crippen LogP contribution in [-0.2, 0) is 23.7 Å². The molecule has 0 aromatic rings. The molecule has 15 atom stereocenters. The van der Waals surface area contributed by atoms with Crippen molar-refractivity contribution < 1.29 is 79.9 Å². The predicted octanol–water partition coefficient (Wildman–Crippen LogP) is -7.57. The van der Waals surface area contributed by atoms with Crippen molar-refractivity contribution in [2.24, 2.45) is 0 Å². The second kappa shape index (κ2) is 11.6. The molecule has 200 valence electrons. The van der Waals surface area contributed by atoms with Crippen LogP contribution in [0.1, 0.15) is 0 Å². The number of rotatable bonds is 7. The fourth-order valence-electron chi connectivity index (χ4n) is 3.84. The van der Waals surface area contributed by atoms with Crippen LogP contribution < -0.4 is 0 Å². The summed E-state index contributed by atoms with van der Waals surface area (Å²) in [6.45, 7) is -1.84. The molecular weight excluding hydrogens is 472 g/mol. The lowest BCUT2D eigenvalue weighted by atomic mass is 9.98. The summed E-state index contributed by atoms with van der Waals surface area (Å²) < 4.78 is 26.1. The second-order valence-corrected chi connectivity index (χ2v) is 8.42. The van der Waals surface area contributed by atoms with Crippen LogP contribution in [0.25, 0.3) is 0 Å². The van der Waals surface area contributed by atoms with Crippen LogP contribution in [-0.4, -0.2) is 168 Å². The van der Waals surface area contributed by atoms with Gasteiger partial charge in [-0.2, -0.15) is 0 Å². The molecule has 11 N–H and O–H groups in total. The maximum atomic E-state index is 10.2. The molecule has 0 aromatic carbocycles. The van der Waals surface area contributed by atoms with Crippen molar-refractivity contribution in [1.29, 1.82) is 0 Å². The molecule has 3 heterocycles. The van der Waals surface area contributed by atoms with Gasteiger partial charge in [-0.25, -0.2) is 0 Å². The smallest absolute Gasteiger partial charge is 0.186 e. The van der Waals surface area contributed by atoms with Crippen molar-refractivity contribution in [3.05, 3.63) is 0 Å². The Bertz CT molecular complexity index is 639. The third kappa shape index (κ3) is 5.68. The monoisotopic (exact) mass is 504 g/mol. The van der Waals surface area contributed by atoms with Crippen LogP contribution in [0.15, 0.2) is 0 Å². The van der Waals surface area contributed by atoms with Crippen LogP contribution in [0.4, 0.5) is 0 Å². The lowest BCUT2D eigenvalue weighted by Crippen LogP contribution is -2.62. The molecule has 3 aliphatic heterocycles. The van der Waals surface area contributed by atoms with Crippen LogP contribution in [0.2, 0.25) is 0 Å². The number of aliphatic hydroxyl groups excluding tert-OH is 11. The number of aliphatic hydroxyl groups is 11. The van der Waals surface area contributed by atoms with Gasteiger partial charge >= 0.3 is 0 Å². The molecule has 34 heavy (non-hydrogen) atoms. The lowest BCUT2D eigenvalue weighted by molar-refractivity contribution is -0.340. The highest BCUT2D eigenvalue weighted by molar-refractivity contribution is 4.92. The van der Waals surface area contributed by atoms with Crippen molar-refractivity contribution in [3.63, 3.8) is 0 Å². The molecule has 0 unspecified atom stereocenters. The Morgan fingerprint density at radius 1 is 0.441 bits per heavy atom. The van der Waals surface area contributed by atoms with Crippen molar-refractivity contribution in [1.82, 2.24) is 0 Å². The summed E-state index contributed by atoms with van der Waals surface area (Å²) in [5.41, 5.74) is 0. The Morgan fingerprint density at radius 2 is 0.824 bits per heavy atom. The van der Waals surface area contributed by atoms with E-state index < -0.39 is 112 Å². The molecule has 0 radical (unpaired) electrons. The molecular formula is C18H32O16. The lowest BCUT2D eigenvalue weighted by Gasteiger charge is -2.43. The van der Waals surface area contributed by atoms with E-state index in [9.17, 15) is 56.2 Å². The molecule has 3 rings (SSSR count). The SMILES string of the molecule is OC[C@@H]1O[C@H](OC[C@@H]2O[C@H](OC[C@@H]3O[C@H](O)[C@H](O)[C@@H](O)[C@@H]3O)[C@@H](O)[C@H](O)[C@@H]2O)[C@@H](O)[C@H](O)[C@H]1O. The van der Waals surface area contributed by atoms with Gasteiger partial charge in [0.05, 0.1) is 19.8 Å². The molecule has 0 saturated carbocycles. The Balaban J connectivity index is 1.58. The van der Waals surface area contributed by atoms with Gasteiger partial charge in [0.15, 0.2) is 18.9 Å². The van der Waals surface area contributed by atoms with Gasteiger partial charge < -0.3 is 79.9 Å². The topological polar surface area (TPSA) is 269 Å². The first-order valence-electron chi connectivity index (χ1n) is 10.6. The van der Waals surface area contributed by atoms with E-state index in [1.165, 1.54) is 0 Å². The van der Waals surface area contributed by atoms with Gasteiger partial charge in [-0.3, -0.25) is 0 Å². The largest absolute Gasteiger partial charge is 0.394 e. The van der Waals surface area contributed by atoms with E-state index in [0.29, 0.717) is 0 Å². The van der Waals surface area contributed by atoms with Gasteiger partial charge in [-0.05, 0) is 0 Å². The molecule has 16 nitrogen and oxygen atoms in total. The summed E-state index contributed by atoms with van der Waals surface area (Å²) in [6, 6.07) is 0. The summed E-state index contributed by atoms with van der Waals surface area (Å²) >= 11 is 0. The highest BCUT2D eigenvalue weighted by atomic mass is 16.7. The van der Waals surface area contributed by atoms with Gasteiger partial charge in [-0.15, -0.1) is 0 Å². The Morgan fingerprint density at radius 3 is 1.29 bits per heavy atom. The van der Waals surface area contributed by atoms with E-state index >= 15 is 0 Å². The van der Waals surface area contributed by atoms with Crippen molar-refractivity contribution in [3.8, 4) is 0 Å². The van der Waals surface area contributed by atoms with Gasteiger partial charge in [-0.1, -0.05) is 0 Å². The Kier molecular flexibility index (Phi) is 9.54. The van der Waals surface area contributed by atoms with E-state index in [0.717, 1.165) is 0 Å². The van der Waals surface area contributed by atoms with Crippen LogP contribution in [0, 0.1) is 0 Å². The molecule has 16 heteroatoms. The summed E-state index contributed by atoms with van der Waals surface area (Å²) in [6.07, 6.45) is -24.4. The van der Waals surface area contributed by atoms with Crippen LogP contribution >= 0.6 is 0 Å². The number of ether oxygens (including phenoxy) is 5. The Hall–Kier alpha value is -0.640. The molecule has 0 aliphatic carbocycles. The normalized spacial score (nSPS) is 52.5. The average Bonchev–Trinajstić information content (AvgIpc) is 2.82. The molecule has 3 saturated heterocycles. The van der Waals surface area contributed by atoms with Gasteiger partial charge in [0.25, 0.3) is 0 Å². The zero-order valence-corrected chi connectivity index (χ0v) is 17.7. The van der Waals surface area contributed by atoms with E-state index in [2.05, 4.69) is 0 Å². The summed E-state index contributed by atoms with van der Waals surface area (Å²) in [5, 5.41) is 108. The van der Waals surface area contributed by atoms with Crippen molar-refractivity contribution >= 4 is 0 Å². The predicted molar refractivity (Wildman–Crippen MR) is 101 cm³/mol. The molecule has 3 fully saturated rings. The maximum Gasteiger partial charge on any atom is 0.186 e. The van der Waals surface area contributed by atoms with Crippen molar-refractivity contribution in [2.45, 2.75) is 92.1 Å². The zero-order valence-electron chi connectivity index (χ0n) is 17.7. The van der Waals surface area contributed by atoms with E-state index in [1.807, 2.05) is 0 Å². The van der Waals surface area contributed by atoms with Gasteiger partial charge in [0.2, 0.25) is 0 Å². The zero-order chi connectivity index (χ0) is 25.3. The first-order chi connectivity index (χ1) is 16.0. The highest BCUT2D eigenvalue weighted by Gasteiger charge is 2.48. The van der Waals surface area contributed by atoms with Crippen molar-refractivity contribution in [2.75, 3.05) is 19.8 Å². The molecule has 0 aromatic heterocycles. The highest BCUT2D eigenvalue weighted by Crippen LogP contribution is 2.27. The van der Waals surface area contributed by atoms with E-state index in [-0.39, 0.29) is 0 Å². The average molecular weight is 504 g/mol. The van der Waals surface area contributed by atoms with Gasteiger partial charge in [0, 0.05) is 0 Å². The summed E-state index contributed by atoms with van der Waals surface area (Å²) in [5.74, 6) is 0.